The third-order valence-corrected chi connectivity index (χ3v) is 7.70. The molecule has 0 aliphatic carbocycles. The van der Waals surface area contributed by atoms with Gasteiger partial charge in [-0.25, -0.2) is 13.4 Å². The van der Waals surface area contributed by atoms with Gasteiger partial charge in [0.05, 0.1) is 0 Å². The van der Waals surface area contributed by atoms with Crippen molar-refractivity contribution in [2.75, 3.05) is 32.8 Å². The van der Waals surface area contributed by atoms with Crippen molar-refractivity contribution >= 4 is 27.0 Å². The maximum absolute atomic E-state index is 13.1. The van der Waals surface area contributed by atoms with Crippen LogP contribution in [-0.4, -0.2) is 66.3 Å². The molecule has 32 heavy (non-hydrogen) atoms. The number of pyridine rings is 1. The van der Waals surface area contributed by atoms with Crippen LogP contribution in [0, 0.1) is 6.92 Å². The summed E-state index contributed by atoms with van der Waals surface area (Å²) >= 11 is 0. The molecular formula is C23H28N4O4S. The van der Waals surface area contributed by atoms with E-state index >= 15 is 0 Å². The predicted octanol–water partition coefficient (Wildman–Crippen LogP) is 2.91. The Kier molecular flexibility index (Phi) is 6.21. The van der Waals surface area contributed by atoms with Crippen molar-refractivity contribution in [3.8, 4) is 5.75 Å². The molecule has 9 heteroatoms. The summed E-state index contributed by atoms with van der Waals surface area (Å²) < 4.78 is 33.5. The van der Waals surface area contributed by atoms with Crippen molar-refractivity contribution in [1.82, 2.24) is 19.2 Å². The molecule has 0 spiro atoms. The molecule has 3 aromatic rings. The second kappa shape index (κ2) is 8.91. The molecule has 1 aliphatic rings. The number of H-pyrrole nitrogens is 1. The van der Waals surface area contributed by atoms with Crippen LogP contribution in [0.15, 0.2) is 47.6 Å². The Morgan fingerprint density at radius 3 is 2.66 bits per heavy atom. The molecule has 4 rings (SSSR count). The van der Waals surface area contributed by atoms with Crippen molar-refractivity contribution in [2.24, 2.45) is 0 Å². The number of carbonyl (C=O) groups excluding carboxylic acids is 1. The van der Waals surface area contributed by atoms with Gasteiger partial charge in [0.25, 0.3) is 5.91 Å². The molecular weight excluding hydrogens is 428 g/mol. The summed E-state index contributed by atoms with van der Waals surface area (Å²) in [4.78, 5) is 21.7. The summed E-state index contributed by atoms with van der Waals surface area (Å²) in [7, 11) is -3.68. The van der Waals surface area contributed by atoms with E-state index in [9.17, 15) is 13.2 Å². The molecule has 0 saturated carbocycles. The number of fused-ring (bicyclic) bond motifs is 1. The van der Waals surface area contributed by atoms with E-state index in [-0.39, 0.29) is 36.4 Å². The molecule has 3 heterocycles. The van der Waals surface area contributed by atoms with Crippen LogP contribution in [0.3, 0.4) is 0 Å². The van der Waals surface area contributed by atoms with Gasteiger partial charge in [0, 0.05) is 44.0 Å². The van der Waals surface area contributed by atoms with Crippen molar-refractivity contribution < 1.29 is 17.9 Å². The lowest BCUT2D eigenvalue weighted by Crippen LogP contribution is -2.51. The zero-order valence-electron chi connectivity index (χ0n) is 18.5. The molecule has 1 aromatic carbocycles. The highest BCUT2D eigenvalue weighted by molar-refractivity contribution is 7.89. The predicted molar refractivity (Wildman–Crippen MR) is 122 cm³/mol. The number of nitrogens with one attached hydrogen (secondary N) is 1. The van der Waals surface area contributed by atoms with E-state index in [1.54, 1.807) is 23.2 Å². The lowest BCUT2D eigenvalue weighted by Gasteiger charge is -2.33. The lowest BCUT2D eigenvalue weighted by atomic mass is 10.0. The SMILES string of the molecule is Cc1ccc(C(C)C)c(OCC(=O)N2CCN(S(=O)(=O)c3c[nH]c4ncccc34)CC2)c1. The van der Waals surface area contributed by atoms with Gasteiger partial charge in [0.1, 0.15) is 16.3 Å². The molecule has 170 valence electrons. The number of sulfonamides is 1. The largest absolute Gasteiger partial charge is 0.483 e. The maximum Gasteiger partial charge on any atom is 0.260 e. The average Bonchev–Trinajstić information content (AvgIpc) is 3.22. The number of aromatic nitrogens is 2. The van der Waals surface area contributed by atoms with E-state index in [1.165, 1.54) is 10.5 Å². The topological polar surface area (TPSA) is 95.6 Å². The monoisotopic (exact) mass is 456 g/mol. The number of carbonyl (C=O) groups is 1. The van der Waals surface area contributed by atoms with Gasteiger partial charge in [-0.2, -0.15) is 4.31 Å². The van der Waals surface area contributed by atoms with Crippen molar-refractivity contribution in [2.45, 2.75) is 31.6 Å². The van der Waals surface area contributed by atoms with E-state index in [0.717, 1.165) is 16.9 Å². The summed E-state index contributed by atoms with van der Waals surface area (Å²) in [6, 6.07) is 9.46. The number of amides is 1. The van der Waals surface area contributed by atoms with Gasteiger partial charge in [0.2, 0.25) is 10.0 Å². The molecule has 1 aliphatic heterocycles. The fourth-order valence-corrected chi connectivity index (χ4v) is 5.51. The minimum Gasteiger partial charge on any atom is -0.483 e. The van der Waals surface area contributed by atoms with E-state index < -0.39 is 10.0 Å². The van der Waals surface area contributed by atoms with Crippen molar-refractivity contribution in [3.63, 3.8) is 0 Å². The number of piperazine rings is 1. The molecule has 1 saturated heterocycles. The molecule has 0 radical (unpaired) electrons. The van der Waals surface area contributed by atoms with Crippen LogP contribution in [0.25, 0.3) is 11.0 Å². The first-order chi connectivity index (χ1) is 15.3. The Hall–Kier alpha value is -2.91. The number of hydrogen-bond acceptors (Lipinski definition) is 5. The van der Waals surface area contributed by atoms with Gasteiger partial charge < -0.3 is 14.6 Å². The van der Waals surface area contributed by atoms with Crippen LogP contribution in [0.4, 0.5) is 0 Å². The Balaban J connectivity index is 1.39. The zero-order valence-corrected chi connectivity index (χ0v) is 19.4. The number of hydrogen-bond donors (Lipinski definition) is 1. The van der Waals surface area contributed by atoms with Crippen LogP contribution in [-0.2, 0) is 14.8 Å². The standard InChI is InChI=1S/C23H28N4O4S/c1-16(2)18-7-6-17(3)13-20(18)31-15-22(28)26-9-11-27(12-10-26)32(29,30)21-14-25-23-19(21)5-4-8-24-23/h4-8,13-14,16H,9-12,15H2,1-3H3,(H,24,25). The highest BCUT2D eigenvalue weighted by Crippen LogP contribution is 2.28. The van der Waals surface area contributed by atoms with Crippen LogP contribution in [0.2, 0.25) is 0 Å². The number of benzene rings is 1. The van der Waals surface area contributed by atoms with Crippen molar-refractivity contribution in [1.29, 1.82) is 0 Å². The second-order valence-corrected chi connectivity index (χ2v) is 10.2. The number of aryl methyl sites for hydroxylation is 1. The Morgan fingerprint density at radius 1 is 1.19 bits per heavy atom. The Labute approximate surface area is 188 Å². The fraction of sp³-hybridized carbons (Fsp3) is 0.391. The minimum atomic E-state index is -3.68. The summed E-state index contributed by atoms with van der Waals surface area (Å²) in [5.74, 6) is 0.867. The highest BCUT2D eigenvalue weighted by Gasteiger charge is 2.32. The first-order valence-electron chi connectivity index (χ1n) is 10.7. The Bertz CT molecular complexity index is 1230. The van der Waals surface area contributed by atoms with Gasteiger partial charge in [-0.1, -0.05) is 26.0 Å². The summed E-state index contributed by atoms with van der Waals surface area (Å²) in [6.45, 7) is 7.23. The number of ether oxygens (including phenoxy) is 1. The zero-order chi connectivity index (χ0) is 22.9. The van der Waals surface area contributed by atoms with Gasteiger partial charge in [-0.15, -0.1) is 0 Å². The molecule has 1 N–H and O–H groups in total. The maximum atomic E-state index is 13.1. The van der Waals surface area contributed by atoms with Gasteiger partial charge >= 0.3 is 0 Å². The lowest BCUT2D eigenvalue weighted by molar-refractivity contribution is -0.134. The molecule has 1 fully saturated rings. The Morgan fingerprint density at radius 2 is 1.94 bits per heavy atom. The second-order valence-electron chi connectivity index (χ2n) is 8.32. The van der Waals surface area contributed by atoms with E-state index in [1.807, 2.05) is 25.1 Å². The van der Waals surface area contributed by atoms with E-state index in [2.05, 4.69) is 23.8 Å². The normalized spacial score (nSPS) is 15.4. The summed E-state index contributed by atoms with van der Waals surface area (Å²) in [5.41, 5.74) is 2.67. The van der Waals surface area contributed by atoms with E-state index in [4.69, 9.17) is 4.74 Å². The summed E-state index contributed by atoms with van der Waals surface area (Å²) in [6.07, 6.45) is 3.09. The summed E-state index contributed by atoms with van der Waals surface area (Å²) in [5, 5.41) is 0.568. The van der Waals surface area contributed by atoms with Gasteiger partial charge in [0.15, 0.2) is 6.61 Å². The molecule has 0 bridgehead atoms. The molecule has 1 amide bonds. The quantitative estimate of drug-likeness (QED) is 0.615. The number of aromatic amines is 1. The third kappa shape index (κ3) is 4.35. The van der Waals surface area contributed by atoms with Crippen molar-refractivity contribution in [3.05, 3.63) is 53.9 Å². The van der Waals surface area contributed by atoms with E-state index in [0.29, 0.717) is 24.1 Å². The molecule has 0 atom stereocenters. The van der Waals surface area contributed by atoms with Crippen LogP contribution in [0.1, 0.15) is 30.9 Å². The average molecular weight is 457 g/mol. The molecule has 2 aromatic heterocycles. The molecule has 0 unspecified atom stereocenters. The van der Waals surface area contributed by atoms with Crippen LogP contribution in [0.5, 0.6) is 5.75 Å². The van der Waals surface area contributed by atoms with Crippen LogP contribution >= 0.6 is 0 Å². The van der Waals surface area contributed by atoms with Gasteiger partial charge in [-0.05, 0) is 42.2 Å². The smallest absolute Gasteiger partial charge is 0.260 e. The van der Waals surface area contributed by atoms with Gasteiger partial charge in [-0.3, -0.25) is 4.79 Å². The molecule has 8 nitrogen and oxygen atoms in total. The third-order valence-electron chi connectivity index (χ3n) is 5.76. The first-order valence-corrected chi connectivity index (χ1v) is 12.1. The number of nitrogens with zero attached hydrogens (tertiary/aromatic N) is 3. The highest BCUT2D eigenvalue weighted by atomic mass is 32.2. The van der Waals surface area contributed by atoms with Crippen LogP contribution < -0.4 is 4.74 Å². The first kappa shape index (κ1) is 22.3. The minimum absolute atomic E-state index is 0.0654. The fourth-order valence-electron chi connectivity index (χ4n) is 3.94. The number of rotatable bonds is 6.